The zero-order chi connectivity index (χ0) is 28.8. The monoisotopic (exact) mass is 592 g/mol. The van der Waals surface area contributed by atoms with E-state index in [4.69, 9.17) is 0 Å². The van der Waals surface area contributed by atoms with Crippen molar-refractivity contribution in [2.75, 3.05) is 0 Å². The highest BCUT2D eigenvalue weighted by molar-refractivity contribution is 7.30. The molecule has 10 aromatic rings. The fourth-order valence-corrected chi connectivity index (χ4v) is 9.99. The van der Waals surface area contributed by atoms with Gasteiger partial charge in [0.05, 0.1) is 0 Å². The highest BCUT2D eigenvalue weighted by Crippen LogP contribution is 2.50. The minimum absolute atomic E-state index is 1.25. The van der Waals surface area contributed by atoms with Crippen molar-refractivity contribution in [1.82, 2.24) is 0 Å². The van der Waals surface area contributed by atoms with Gasteiger partial charge in [-0.05, 0) is 67.4 Å². The van der Waals surface area contributed by atoms with Gasteiger partial charge >= 0.3 is 0 Å². The Morgan fingerprint density at radius 2 is 0.795 bits per heavy atom. The van der Waals surface area contributed by atoms with Gasteiger partial charge in [0, 0.05) is 45.7 Å². The van der Waals surface area contributed by atoms with E-state index in [1.165, 1.54) is 94.9 Å². The first kappa shape index (κ1) is 24.4. The van der Waals surface area contributed by atoms with Gasteiger partial charge in [-0.2, -0.15) is 0 Å². The molecule has 0 atom stereocenters. The third-order valence-electron chi connectivity index (χ3n) is 9.23. The number of hydrogen-bond donors (Lipinski definition) is 0. The maximum Gasteiger partial charge on any atom is 0.0455 e. The van der Waals surface area contributed by atoms with E-state index in [9.17, 15) is 0 Å². The van der Waals surface area contributed by atoms with Gasteiger partial charge in [-0.3, -0.25) is 0 Å². The van der Waals surface area contributed by atoms with Crippen molar-refractivity contribution in [3.05, 3.63) is 146 Å². The first-order chi connectivity index (χ1) is 21.8. The van der Waals surface area contributed by atoms with Gasteiger partial charge in [0.15, 0.2) is 0 Å². The molecule has 0 aliphatic rings. The minimum Gasteiger partial charge on any atom is -0.134 e. The summed E-state index contributed by atoms with van der Waals surface area (Å²) in [6, 6.07) is 53.8. The molecule has 0 nitrogen and oxygen atoms in total. The SMILES string of the molecule is c1ccc(-c2c3ccccc3c(-c3ccc4sc5c(c4c3)c3ccccc3c3sc4ccccc4c35)c3ccccc23)cc1. The van der Waals surface area contributed by atoms with Crippen LogP contribution < -0.4 is 0 Å². The summed E-state index contributed by atoms with van der Waals surface area (Å²) in [7, 11) is 0. The number of thiophene rings is 2. The lowest BCUT2D eigenvalue weighted by atomic mass is 9.85. The second kappa shape index (κ2) is 9.24. The third-order valence-corrected chi connectivity index (χ3v) is 11.6. The Morgan fingerprint density at radius 1 is 0.295 bits per heavy atom. The number of hydrogen-bond acceptors (Lipinski definition) is 2. The van der Waals surface area contributed by atoms with Crippen LogP contribution in [0.25, 0.3) is 94.9 Å². The summed E-state index contributed by atoms with van der Waals surface area (Å²) in [6.45, 7) is 0. The number of rotatable bonds is 2. The molecule has 0 bridgehead atoms. The fourth-order valence-electron chi connectivity index (χ4n) is 7.41. The predicted molar refractivity (Wildman–Crippen MR) is 196 cm³/mol. The summed E-state index contributed by atoms with van der Waals surface area (Å²) in [5.74, 6) is 0. The van der Waals surface area contributed by atoms with Crippen LogP contribution in [0.5, 0.6) is 0 Å². The normalized spacial score (nSPS) is 12.1. The maximum absolute atomic E-state index is 2.47. The van der Waals surface area contributed by atoms with E-state index in [1.807, 2.05) is 22.7 Å². The molecule has 2 aromatic heterocycles. The highest BCUT2D eigenvalue weighted by atomic mass is 32.1. The summed E-state index contributed by atoms with van der Waals surface area (Å²) in [4.78, 5) is 0. The van der Waals surface area contributed by atoms with Crippen LogP contribution >= 0.6 is 22.7 Å². The molecular weight excluding hydrogens is 569 g/mol. The Hall–Kier alpha value is -5.02. The summed E-state index contributed by atoms with van der Waals surface area (Å²) in [5, 5.41) is 13.4. The van der Waals surface area contributed by atoms with Gasteiger partial charge < -0.3 is 0 Å². The first-order valence-corrected chi connectivity index (χ1v) is 16.7. The van der Waals surface area contributed by atoms with Gasteiger partial charge in [0.25, 0.3) is 0 Å². The Bertz CT molecular complexity index is 2700. The van der Waals surface area contributed by atoms with Crippen molar-refractivity contribution in [3.63, 3.8) is 0 Å². The highest BCUT2D eigenvalue weighted by Gasteiger charge is 2.20. The molecule has 0 saturated heterocycles. The molecule has 0 spiro atoms. The zero-order valence-corrected chi connectivity index (χ0v) is 25.3. The van der Waals surface area contributed by atoms with Crippen LogP contribution in [-0.2, 0) is 0 Å². The van der Waals surface area contributed by atoms with Crippen molar-refractivity contribution >= 4 is 95.3 Å². The summed E-state index contributed by atoms with van der Waals surface area (Å²) < 4.78 is 5.49. The quantitative estimate of drug-likeness (QED) is 0.175. The van der Waals surface area contributed by atoms with Crippen molar-refractivity contribution in [1.29, 1.82) is 0 Å². The van der Waals surface area contributed by atoms with E-state index in [1.54, 1.807) is 0 Å². The average molecular weight is 593 g/mol. The lowest BCUT2D eigenvalue weighted by Gasteiger charge is -2.17. The number of benzene rings is 8. The zero-order valence-electron chi connectivity index (χ0n) is 23.7. The summed E-state index contributed by atoms with van der Waals surface area (Å²) in [6.07, 6.45) is 0. The van der Waals surface area contributed by atoms with Gasteiger partial charge in [-0.1, -0.05) is 127 Å². The number of fused-ring (bicyclic) bond motifs is 12. The van der Waals surface area contributed by atoms with Gasteiger partial charge in [-0.15, -0.1) is 22.7 Å². The molecule has 10 rings (SSSR count). The molecular formula is C42H24S2. The van der Waals surface area contributed by atoms with Crippen LogP contribution in [-0.4, -0.2) is 0 Å². The summed E-state index contributed by atoms with van der Waals surface area (Å²) in [5.41, 5.74) is 5.14. The smallest absolute Gasteiger partial charge is 0.0455 e. The average Bonchev–Trinajstić information content (AvgIpc) is 3.66. The largest absolute Gasteiger partial charge is 0.134 e. The van der Waals surface area contributed by atoms with Crippen LogP contribution in [0.1, 0.15) is 0 Å². The lowest BCUT2D eigenvalue weighted by Crippen LogP contribution is -1.90. The fraction of sp³-hybridized carbons (Fsp3) is 0. The molecule has 0 saturated carbocycles. The molecule has 0 fully saturated rings. The Morgan fingerprint density at radius 3 is 1.48 bits per heavy atom. The molecule has 0 amide bonds. The third kappa shape index (κ3) is 3.33. The van der Waals surface area contributed by atoms with Crippen molar-refractivity contribution < 1.29 is 0 Å². The molecule has 204 valence electrons. The van der Waals surface area contributed by atoms with E-state index in [0.717, 1.165) is 0 Å². The van der Waals surface area contributed by atoms with Gasteiger partial charge in [0.2, 0.25) is 0 Å². The van der Waals surface area contributed by atoms with Gasteiger partial charge in [-0.25, -0.2) is 0 Å². The first-order valence-electron chi connectivity index (χ1n) is 15.0. The van der Waals surface area contributed by atoms with Crippen LogP contribution in [0.15, 0.2) is 146 Å². The van der Waals surface area contributed by atoms with E-state index in [2.05, 4.69) is 146 Å². The Balaban J connectivity index is 1.36. The molecule has 2 heterocycles. The van der Waals surface area contributed by atoms with Crippen LogP contribution in [0.4, 0.5) is 0 Å². The van der Waals surface area contributed by atoms with E-state index < -0.39 is 0 Å². The predicted octanol–water partition coefficient (Wildman–Crippen LogP) is 13.2. The molecule has 0 radical (unpaired) electrons. The molecule has 0 aliphatic heterocycles. The lowest BCUT2D eigenvalue weighted by molar-refractivity contribution is 1.66. The second-order valence-electron chi connectivity index (χ2n) is 11.6. The topological polar surface area (TPSA) is 0 Å². The second-order valence-corrected chi connectivity index (χ2v) is 13.7. The van der Waals surface area contributed by atoms with Crippen molar-refractivity contribution in [3.8, 4) is 22.3 Å². The molecule has 44 heavy (non-hydrogen) atoms. The Kier molecular flexibility index (Phi) is 5.13. The van der Waals surface area contributed by atoms with E-state index in [0.29, 0.717) is 0 Å². The standard InChI is InChI=1S/C42H24S2/c1-2-12-25(13-3-1)37-27-14-4-6-16-29(27)38(30-17-7-5-15-28(30)37)26-22-23-36-34(24-26)39-31-18-8-9-19-32(31)41-40(42(39)44-36)33-20-10-11-21-35(33)43-41/h1-24H. The van der Waals surface area contributed by atoms with Crippen LogP contribution in [0, 0.1) is 0 Å². The van der Waals surface area contributed by atoms with Crippen molar-refractivity contribution in [2.24, 2.45) is 0 Å². The van der Waals surface area contributed by atoms with Crippen molar-refractivity contribution in [2.45, 2.75) is 0 Å². The van der Waals surface area contributed by atoms with Gasteiger partial charge in [0.1, 0.15) is 0 Å². The van der Waals surface area contributed by atoms with Crippen LogP contribution in [0.3, 0.4) is 0 Å². The molecule has 0 N–H and O–H groups in total. The molecule has 0 unspecified atom stereocenters. The molecule has 8 aromatic carbocycles. The Labute approximate surface area is 262 Å². The van der Waals surface area contributed by atoms with Crippen LogP contribution in [0.2, 0.25) is 0 Å². The summed E-state index contributed by atoms with van der Waals surface area (Å²) >= 11 is 3.87. The maximum atomic E-state index is 2.47. The van der Waals surface area contributed by atoms with E-state index >= 15 is 0 Å². The van der Waals surface area contributed by atoms with E-state index in [-0.39, 0.29) is 0 Å². The molecule has 0 aliphatic carbocycles. The minimum atomic E-state index is 1.25. The molecule has 2 heteroatoms.